The fourth-order valence-corrected chi connectivity index (χ4v) is 2.62. The summed E-state index contributed by atoms with van der Waals surface area (Å²) in [6, 6.07) is 8.74. The van der Waals surface area contributed by atoms with Gasteiger partial charge < -0.3 is 20.2 Å². The molecule has 2 atom stereocenters. The average Bonchev–Trinajstić information content (AvgIpc) is 2.57. The van der Waals surface area contributed by atoms with E-state index in [-0.39, 0.29) is 24.3 Å². The number of amides is 1. The summed E-state index contributed by atoms with van der Waals surface area (Å²) in [5.41, 5.74) is 0.300. The molecule has 1 rings (SSSR count). The van der Waals surface area contributed by atoms with Crippen LogP contribution in [0.5, 0.6) is 0 Å². The van der Waals surface area contributed by atoms with Gasteiger partial charge in [0.15, 0.2) is 0 Å². The van der Waals surface area contributed by atoms with Crippen LogP contribution in [0.4, 0.5) is 0 Å². The molecule has 0 bridgehead atoms. The number of carbonyl (C=O) groups excluding carboxylic acids is 3. The Morgan fingerprint density at radius 3 is 2.30 bits per heavy atom. The topological polar surface area (TPSA) is 84.5 Å². The van der Waals surface area contributed by atoms with Gasteiger partial charge in [-0.3, -0.25) is 4.79 Å². The number of esters is 1. The number of ether oxygens (including phenoxy) is 1. The zero-order valence-electron chi connectivity index (χ0n) is 17.0. The Balaban J connectivity index is 2.91. The second kappa shape index (κ2) is 10.8. The number of benzene rings is 1. The van der Waals surface area contributed by atoms with Gasteiger partial charge in [-0.2, -0.15) is 0 Å². The Kier molecular flexibility index (Phi) is 9.15. The molecule has 0 heterocycles. The van der Waals surface area contributed by atoms with E-state index in [2.05, 4.69) is 10.6 Å². The Bertz CT molecular complexity index is 608. The summed E-state index contributed by atoms with van der Waals surface area (Å²) in [5, 5.41) is 5.80. The Morgan fingerprint density at radius 1 is 1.15 bits per heavy atom. The Hall–Kier alpha value is -2.21. The SMILES string of the molecule is CC(C)C(CNCC=O)C(=O)NC(Cc1ccccc1)C(=O)OC(C)(C)C. The minimum absolute atomic E-state index is 0.0557. The van der Waals surface area contributed by atoms with Gasteiger partial charge in [-0.1, -0.05) is 44.2 Å². The predicted molar refractivity (Wildman–Crippen MR) is 105 cm³/mol. The molecule has 1 amide bonds. The van der Waals surface area contributed by atoms with Crippen molar-refractivity contribution in [2.45, 2.75) is 52.7 Å². The fraction of sp³-hybridized carbons (Fsp3) is 0.571. The Morgan fingerprint density at radius 2 is 1.78 bits per heavy atom. The second-order valence-corrected chi connectivity index (χ2v) is 7.96. The van der Waals surface area contributed by atoms with Crippen LogP contribution in [-0.4, -0.2) is 42.9 Å². The summed E-state index contributed by atoms with van der Waals surface area (Å²) in [6.07, 6.45) is 1.11. The largest absolute Gasteiger partial charge is 0.458 e. The molecule has 0 fully saturated rings. The average molecular weight is 376 g/mol. The minimum Gasteiger partial charge on any atom is -0.458 e. The van der Waals surface area contributed by atoms with Gasteiger partial charge in [0.05, 0.1) is 12.5 Å². The molecule has 2 N–H and O–H groups in total. The van der Waals surface area contributed by atoms with Gasteiger partial charge >= 0.3 is 5.97 Å². The molecule has 0 aliphatic rings. The molecule has 150 valence electrons. The Labute approximate surface area is 162 Å². The van der Waals surface area contributed by atoms with Crippen LogP contribution in [0.15, 0.2) is 30.3 Å². The van der Waals surface area contributed by atoms with Crippen molar-refractivity contribution in [1.82, 2.24) is 10.6 Å². The zero-order valence-corrected chi connectivity index (χ0v) is 17.0. The molecule has 0 aliphatic carbocycles. The lowest BCUT2D eigenvalue weighted by Crippen LogP contribution is -2.49. The highest BCUT2D eigenvalue weighted by atomic mass is 16.6. The highest BCUT2D eigenvalue weighted by Gasteiger charge is 2.30. The third kappa shape index (κ3) is 8.82. The van der Waals surface area contributed by atoms with E-state index >= 15 is 0 Å². The monoisotopic (exact) mass is 376 g/mol. The van der Waals surface area contributed by atoms with Crippen molar-refractivity contribution in [3.8, 4) is 0 Å². The van der Waals surface area contributed by atoms with Gasteiger partial charge in [0.1, 0.15) is 17.9 Å². The normalized spacial score (nSPS) is 13.7. The summed E-state index contributed by atoms with van der Waals surface area (Å²) in [6.45, 7) is 9.83. The van der Waals surface area contributed by atoms with Crippen molar-refractivity contribution in [2.24, 2.45) is 11.8 Å². The van der Waals surface area contributed by atoms with Crippen LogP contribution in [-0.2, 0) is 25.5 Å². The third-order valence-electron chi connectivity index (χ3n) is 4.02. The first-order valence-electron chi connectivity index (χ1n) is 9.35. The number of nitrogens with one attached hydrogen (secondary N) is 2. The van der Waals surface area contributed by atoms with Crippen molar-refractivity contribution >= 4 is 18.2 Å². The molecule has 6 heteroatoms. The molecular formula is C21H32N2O4. The van der Waals surface area contributed by atoms with Crippen LogP contribution in [0.25, 0.3) is 0 Å². The quantitative estimate of drug-likeness (QED) is 0.371. The molecule has 0 saturated heterocycles. The van der Waals surface area contributed by atoms with E-state index in [9.17, 15) is 14.4 Å². The highest BCUT2D eigenvalue weighted by Crippen LogP contribution is 2.14. The second-order valence-electron chi connectivity index (χ2n) is 7.96. The van der Waals surface area contributed by atoms with Gasteiger partial charge in [0.25, 0.3) is 0 Å². The predicted octanol–water partition coefficient (Wildman–Crippen LogP) is 2.12. The lowest BCUT2D eigenvalue weighted by atomic mass is 9.94. The first-order chi connectivity index (χ1) is 12.6. The highest BCUT2D eigenvalue weighted by molar-refractivity contribution is 5.86. The van der Waals surface area contributed by atoms with E-state index in [1.807, 2.05) is 44.2 Å². The van der Waals surface area contributed by atoms with E-state index in [1.54, 1.807) is 20.8 Å². The maximum atomic E-state index is 12.8. The number of hydrogen-bond acceptors (Lipinski definition) is 5. The summed E-state index contributed by atoms with van der Waals surface area (Å²) in [5.74, 6) is -0.982. The maximum absolute atomic E-state index is 12.8. The lowest BCUT2D eigenvalue weighted by molar-refractivity contribution is -0.159. The molecule has 2 unspecified atom stereocenters. The van der Waals surface area contributed by atoms with Gasteiger partial charge in [0, 0.05) is 13.0 Å². The van der Waals surface area contributed by atoms with Crippen molar-refractivity contribution in [1.29, 1.82) is 0 Å². The fourth-order valence-electron chi connectivity index (χ4n) is 2.62. The summed E-state index contributed by atoms with van der Waals surface area (Å²) in [7, 11) is 0. The van der Waals surface area contributed by atoms with Crippen LogP contribution in [0.3, 0.4) is 0 Å². The number of carbonyl (C=O) groups is 3. The molecule has 0 aromatic heterocycles. The molecule has 1 aromatic carbocycles. The molecule has 0 aliphatic heterocycles. The number of rotatable bonds is 10. The van der Waals surface area contributed by atoms with E-state index < -0.39 is 17.6 Å². The number of aldehydes is 1. The van der Waals surface area contributed by atoms with Crippen LogP contribution in [0.1, 0.15) is 40.2 Å². The molecule has 6 nitrogen and oxygen atoms in total. The van der Waals surface area contributed by atoms with Gasteiger partial charge in [-0.25, -0.2) is 4.79 Å². The van der Waals surface area contributed by atoms with Gasteiger partial charge in [-0.15, -0.1) is 0 Å². The van der Waals surface area contributed by atoms with Crippen LogP contribution in [0, 0.1) is 11.8 Å². The van der Waals surface area contributed by atoms with Crippen LogP contribution >= 0.6 is 0 Å². The first-order valence-corrected chi connectivity index (χ1v) is 9.35. The first kappa shape index (κ1) is 22.8. The smallest absolute Gasteiger partial charge is 0.329 e. The molecular weight excluding hydrogens is 344 g/mol. The van der Waals surface area contributed by atoms with Crippen LogP contribution in [0.2, 0.25) is 0 Å². The third-order valence-corrected chi connectivity index (χ3v) is 4.02. The standard InChI is InChI=1S/C21H32N2O4/c1-15(2)17(14-22-11-12-24)19(25)23-18(20(26)27-21(3,4)5)13-16-9-7-6-8-10-16/h6-10,12,15,17-18,22H,11,13-14H2,1-5H3,(H,23,25). The van der Waals surface area contributed by atoms with Crippen molar-refractivity contribution in [2.75, 3.05) is 13.1 Å². The summed E-state index contributed by atoms with van der Waals surface area (Å²) in [4.78, 5) is 36.0. The van der Waals surface area contributed by atoms with E-state index in [0.29, 0.717) is 13.0 Å². The van der Waals surface area contributed by atoms with Gasteiger partial charge in [0.2, 0.25) is 5.91 Å². The van der Waals surface area contributed by atoms with E-state index in [1.165, 1.54) is 0 Å². The molecule has 0 spiro atoms. The van der Waals surface area contributed by atoms with Crippen molar-refractivity contribution < 1.29 is 19.1 Å². The zero-order chi connectivity index (χ0) is 20.4. The minimum atomic E-state index is -0.772. The molecule has 27 heavy (non-hydrogen) atoms. The maximum Gasteiger partial charge on any atom is 0.329 e. The van der Waals surface area contributed by atoms with E-state index in [0.717, 1.165) is 11.8 Å². The van der Waals surface area contributed by atoms with Crippen molar-refractivity contribution in [3.05, 3.63) is 35.9 Å². The molecule has 0 saturated carbocycles. The van der Waals surface area contributed by atoms with Crippen molar-refractivity contribution in [3.63, 3.8) is 0 Å². The summed E-state index contributed by atoms with van der Waals surface area (Å²) >= 11 is 0. The van der Waals surface area contributed by atoms with Crippen LogP contribution < -0.4 is 10.6 Å². The van der Waals surface area contributed by atoms with E-state index in [4.69, 9.17) is 4.74 Å². The number of hydrogen-bond donors (Lipinski definition) is 2. The lowest BCUT2D eigenvalue weighted by Gasteiger charge is -2.27. The van der Waals surface area contributed by atoms with Gasteiger partial charge in [-0.05, 0) is 32.3 Å². The molecule has 0 radical (unpaired) electrons. The summed E-state index contributed by atoms with van der Waals surface area (Å²) < 4.78 is 5.50. The molecule has 1 aromatic rings.